The molecular weight excluding hydrogens is 461 g/mol. The van der Waals surface area contributed by atoms with Crippen molar-refractivity contribution in [2.45, 2.75) is 19.5 Å². The van der Waals surface area contributed by atoms with Crippen molar-refractivity contribution in [3.05, 3.63) is 109 Å². The molecule has 0 N–H and O–H groups in total. The highest BCUT2D eigenvalue weighted by Crippen LogP contribution is 2.40. The van der Waals surface area contributed by atoms with Crippen LogP contribution in [0.25, 0.3) is 11.0 Å². The Bertz CT molecular complexity index is 1430. The van der Waals surface area contributed by atoms with Gasteiger partial charge >= 0.3 is 0 Å². The molecule has 1 unspecified atom stereocenters. The van der Waals surface area contributed by atoms with E-state index in [0.29, 0.717) is 38.9 Å². The maximum Gasteiger partial charge on any atom is 0.291 e. The lowest BCUT2D eigenvalue weighted by atomic mass is 9.98. The molecule has 33 heavy (non-hydrogen) atoms. The Labute approximate surface area is 200 Å². The van der Waals surface area contributed by atoms with Gasteiger partial charge in [-0.05, 0) is 54.4 Å². The van der Waals surface area contributed by atoms with Crippen molar-refractivity contribution in [1.29, 1.82) is 0 Å². The number of benzene rings is 3. The van der Waals surface area contributed by atoms with Crippen LogP contribution in [0.5, 0.6) is 5.75 Å². The van der Waals surface area contributed by atoms with Crippen LogP contribution in [0.4, 0.5) is 0 Å². The topological polar surface area (TPSA) is 59.8 Å². The molecule has 1 amide bonds. The summed E-state index contributed by atoms with van der Waals surface area (Å²) in [5.74, 6) is 0.388. The Balaban J connectivity index is 1.70. The summed E-state index contributed by atoms with van der Waals surface area (Å²) in [6.07, 6.45) is 0. The highest BCUT2D eigenvalue weighted by Gasteiger charge is 2.42. The molecule has 1 aliphatic heterocycles. The average Bonchev–Trinajstić information content (AvgIpc) is 3.08. The van der Waals surface area contributed by atoms with Crippen LogP contribution in [0.2, 0.25) is 10.0 Å². The van der Waals surface area contributed by atoms with Gasteiger partial charge in [0.1, 0.15) is 11.3 Å². The van der Waals surface area contributed by atoms with Crippen LogP contribution in [-0.4, -0.2) is 17.4 Å². The van der Waals surface area contributed by atoms with Crippen LogP contribution in [0, 0.1) is 0 Å². The van der Waals surface area contributed by atoms with Crippen LogP contribution in [0.1, 0.15) is 40.2 Å². The first-order valence-corrected chi connectivity index (χ1v) is 11.3. The SMILES string of the molecule is CCOc1ccc(C2c3c(oc4ccc(Cl)cc4c3=O)C(=O)N2Cc2ccccc2Cl)cc1. The van der Waals surface area contributed by atoms with Crippen molar-refractivity contribution in [2.24, 2.45) is 0 Å². The van der Waals surface area contributed by atoms with Crippen LogP contribution in [-0.2, 0) is 6.54 Å². The van der Waals surface area contributed by atoms with Crippen LogP contribution < -0.4 is 10.2 Å². The molecule has 0 radical (unpaired) electrons. The molecule has 0 spiro atoms. The van der Waals surface area contributed by atoms with Crippen molar-refractivity contribution < 1.29 is 13.9 Å². The number of carbonyl (C=O) groups excluding carboxylic acids is 1. The Kier molecular flexibility index (Phi) is 5.60. The Morgan fingerprint density at radius 3 is 2.48 bits per heavy atom. The number of amides is 1. The molecule has 1 atom stereocenters. The van der Waals surface area contributed by atoms with E-state index in [1.54, 1.807) is 29.2 Å². The molecule has 0 saturated carbocycles. The molecule has 0 saturated heterocycles. The fourth-order valence-electron chi connectivity index (χ4n) is 4.23. The van der Waals surface area contributed by atoms with Gasteiger partial charge in [0.05, 0.1) is 23.6 Å². The third kappa shape index (κ3) is 3.77. The van der Waals surface area contributed by atoms with Gasteiger partial charge < -0.3 is 14.1 Å². The minimum atomic E-state index is -0.640. The number of hydrogen-bond acceptors (Lipinski definition) is 4. The average molecular weight is 480 g/mol. The van der Waals surface area contributed by atoms with Gasteiger partial charge in [0.25, 0.3) is 5.91 Å². The van der Waals surface area contributed by atoms with E-state index < -0.39 is 6.04 Å². The summed E-state index contributed by atoms with van der Waals surface area (Å²) in [7, 11) is 0. The largest absolute Gasteiger partial charge is 0.494 e. The number of rotatable bonds is 5. The Morgan fingerprint density at radius 2 is 1.76 bits per heavy atom. The first-order chi connectivity index (χ1) is 16.0. The molecule has 0 bridgehead atoms. The summed E-state index contributed by atoms with van der Waals surface area (Å²) in [6, 6.07) is 18.9. The van der Waals surface area contributed by atoms with Gasteiger partial charge in [-0.25, -0.2) is 0 Å². The lowest BCUT2D eigenvalue weighted by Gasteiger charge is -2.25. The van der Waals surface area contributed by atoms with Gasteiger partial charge in [-0.1, -0.05) is 53.5 Å². The Morgan fingerprint density at radius 1 is 1.00 bits per heavy atom. The third-order valence-electron chi connectivity index (χ3n) is 5.73. The summed E-state index contributed by atoms with van der Waals surface area (Å²) in [5.41, 5.74) is 1.89. The van der Waals surface area contributed by atoms with Gasteiger partial charge in [0.15, 0.2) is 5.43 Å². The first-order valence-electron chi connectivity index (χ1n) is 10.5. The van der Waals surface area contributed by atoms with Gasteiger partial charge in [-0.2, -0.15) is 0 Å². The van der Waals surface area contributed by atoms with Crippen molar-refractivity contribution in [2.75, 3.05) is 6.61 Å². The fraction of sp³-hybridized carbons (Fsp3) is 0.154. The number of nitrogens with zero attached hydrogens (tertiary/aromatic N) is 1. The molecule has 3 aromatic carbocycles. The maximum absolute atomic E-state index is 13.6. The lowest BCUT2D eigenvalue weighted by molar-refractivity contribution is 0.0714. The van der Waals surface area contributed by atoms with E-state index >= 15 is 0 Å². The smallest absolute Gasteiger partial charge is 0.291 e. The number of halogens is 2. The van der Waals surface area contributed by atoms with Crippen molar-refractivity contribution in [1.82, 2.24) is 4.90 Å². The zero-order valence-corrected chi connectivity index (χ0v) is 19.2. The predicted molar refractivity (Wildman–Crippen MR) is 128 cm³/mol. The summed E-state index contributed by atoms with van der Waals surface area (Å²) in [5, 5.41) is 1.30. The molecule has 5 rings (SSSR count). The predicted octanol–water partition coefficient (Wildman–Crippen LogP) is 6.24. The zero-order valence-electron chi connectivity index (χ0n) is 17.7. The molecule has 166 valence electrons. The quantitative estimate of drug-likeness (QED) is 0.339. The summed E-state index contributed by atoms with van der Waals surface area (Å²) < 4.78 is 11.5. The second-order valence-electron chi connectivity index (χ2n) is 7.74. The minimum Gasteiger partial charge on any atom is -0.494 e. The van der Waals surface area contributed by atoms with E-state index in [2.05, 4.69) is 0 Å². The normalized spacial score (nSPS) is 15.2. The molecular formula is C26H19Cl2NO4. The van der Waals surface area contributed by atoms with Gasteiger partial charge in [-0.3, -0.25) is 9.59 Å². The molecule has 5 nitrogen and oxygen atoms in total. The third-order valence-corrected chi connectivity index (χ3v) is 6.34. The lowest BCUT2D eigenvalue weighted by Crippen LogP contribution is -2.29. The van der Waals surface area contributed by atoms with Gasteiger partial charge in [-0.15, -0.1) is 0 Å². The van der Waals surface area contributed by atoms with Crippen LogP contribution >= 0.6 is 23.2 Å². The van der Waals surface area contributed by atoms with Crippen molar-refractivity contribution in [3.63, 3.8) is 0 Å². The van der Waals surface area contributed by atoms with E-state index in [1.165, 1.54) is 0 Å². The molecule has 2 heterocycles. The summed E-state index contributed by atoms with van der Waals surface area (Å²) in [4.78, 5) is 28.7. The van der Waals surface area contributed by atoms with Crippen LogP contribution in [0.3, 0.4) is 0 Å². The molecule has 0 fully saturated rings. The number of fused-ring (bicyclic) bond motifs is 2. The van der Waals surface area contributed by atoms with Gasteiger partial charge in [0.2, 0.25) is 5.76 Å². The molecule has 4 aromatic rings. The fourth-order valence-corrected chi connectivity index (χ4v) is 4.59. The standard InChI is InChI=1S/C26H19Cl2NO4/c1-2-32-18-10-7-15(8-11-18)23-22-24(30)19-13-17(27)9-12-21(19)33-25(22)26(31)29(23)14-16-5-3-4-6-20(16)28/h3-13,23H,2,14H2,1H3. The van der Waals surface area contributed by atoms with Gasteiger partial charge in [0, 0.05) is 16.6 Å². The summed E-state index contributed by atoms with van der Waals surface area (Å²) >= 11 is 12.5. The van der Waals surface area contributed by atoms with Crippen LogP contribution in [0.15, 0.2) is 75.9 Å². The number of ether oxygens (including phenoxy) is 1. The highest BCUT2D eigenvalue weighted by molar-refractivity contribution is 6.31. The van der Waals surface area contributed by atoms with E-state index in [4.69, 9.17) is 32.4 Å². The zero-order chi connectivity index (χ0) is 23.1. The second kappa shape index (κ2) is 8.58. The second-order valence-corrected chi connectivity index (χ2v) is 8.59. The van der Waals surface area contributed by atoms with E-state index in [1.807, 2.05) is 49.4 Å². The van der Waals surface area contributed by atoms with E-state index in [0.717, 1.165) is 11.1 Å². The summed E-state index contributed by atoms with van der Waals surface area (Å²) in [6.45, 7) is 2.67. The number of carbonyl (C=O) groups is 1. The first kappa shape index (κ1) is 21.6. The van der Waals surface area contributed by atoms with E-state index in [9.17, 15) is 9.59 Å². The molecule has 1 aliphatic rings. The monoisotopic (exact) mass is 479 g/mol. The van der Waals surface area contributed by atoms with E-state index in [-0.39, 0.29) is 23.6 Å². The maximum atomic E-state index is 13.6. The molecule has 1 aromatic heterocycles. The van der Waals surface area contributed by atoms with Crippen molar-refractivity contribution >= 4 is 40.1 Å². The minimum absolute atomic E-state index is 0.0424. The Hall–Kier alpha value is -3.28. The number of hydrogen-bond donors (Lipinski definition) is 0. The highest BCUT2D eigenvalue weighted by atomic mass is 35.5. The molecule has 7 heteroatoms. The molecule has 0 aliphatic carbocycles. The van der Waals surface area contributed by atoms with Crippen molar-refractivity contribution in [3.8, 4) is 5.75 Å².